The molecule has 1 aromatic carbocycles. The Labute approximate surface area is 94.6 Å². The number of hydrogen-bond donors (Lipinski definition) is 1. The van der Waals surface area contributed by atoms with Gasteiger partial charge in [0.2, 0.25) is 6.41 Å². The van der Waals surface area contributed by atoms with Gasteiger partial charge in [0.1, 0.15) is 0 Å². The first kappa shape index (κ1) is 12.0. The van der Waals surface area contributed by atoms with E-state index < -0.39 is 0 Å². The third-order valence-corrected chi connectivity index (χ3v) is 1.92. The number of carbonyl (C=O) groups is 2. The van der Waals surface area contributed by atoms with E-state index >= 15 is 0 Å². The summed E-state index contributed by atoms with van der Waals surface area (Å²) in [5, 5.41) is 2.51. The lowest BCUT2D eigenvalue weighted by Crippen LogP contribution is -2.03. The van der Waals surface area contributed by atoms with Crippen molar-refractivity contribution in [3.05, 3.63) is 42.1 Å². The molecule has 84 valence electrons. The van der Waals surface area contributed by atoms with Crippen LogP contribution in [0.2, 0.25) is 0 Å². The molecule has 4 nitrogen and oxygen atoms in total. The number of allylic oxidation sites excluding steroid dienone is 1. The monoisotopic (exact) mass is 218 g/mol. The average molecular weight is 218 g/mol. The van der Waals surface area contributed by atoms with Crippen molar-refractivity contribution in [2.75, 3.05) is 19.4 Å². The van der Waals surface area contributed by atoms with E-state index in [-0.39, 0.29) is 5.78 Å². The zero-order valence-corrected chi connectivity index (χ0v) is 9.31. The minimum absolute atomic E-state index is 0.0636. The van der Waals surface area contributed by atoms with Crippen molar-refractivity contribution in [1.82, 2.24) is 4.90 Å². The summed E-state index contributed by atoms with van der Waals surface area (Å²) in [5.41, 5.74) is 1.26. The van der Waals surface area contributed by atoms with Crippen LogP contribution in [-0.4, -0.2) is 31.2 Å². The molecule has 0 aliphatic rings. The number of nitrogens with zero attached hydrogens (tertiary/aromatic N) is 1. The molecule has 0 aliphatic heterocycles. The van der Waals surface area contributed by atoms with Crippen LogP contribution in [0.3, 0.4) is 0 Å². The van der Waals surface area contributed by atoms with Gasteiger partial charge in [-0.25, -0.2) is 0 Å². The largest absolute Gasteiger partial charge is 0.383 e. The number of nitrogens with one attached hydrogen (secondary N) is 1. The third-order valence-electron chi connectivity index (χ3n) is 1.92. The molecule has 1 amide bonds. The summed E-state index contributed by atoms with van der Waals surface area (Å²) in [5.74, 6) is -0.0636. The van der Waals surface area contributed by atoms with Crippen molar-refractivity contribution >= 4 is 17.9 Å². The lowest BCUT2D eigenvalue weighted by atomic mass is 10.1. The van der Waals surface area contributed by atoms with Gasteiger partial charge in [-0.15, -0.1) is 0 Å². The van der Waals surface area contributed by atoms with Crippen LogP contribution in [0.5, 0.6) is 0 Å². The molecule has 0 aromatic heterocycles. The predicted molar refractivity (Wildman–Crippen MR) is 63.3 cm³/mol. The molecule has 16 heavy (non-hydrogen) atoms. The third kappa shape index (κ3) is 3.57. The Balaban J connectivity index is 2.73. The van der Waals surface area contributed by atoms with Crippen molar-refractivity contribution in [3.8, 4) is 0 Å². The Hall–Kier alpha value is -2.10. The summed E-state index contributed by atoms with van der Waals surface area (Å²) in [6.07, 6.45) is 3.80. The number of benzene rings is 1. The van der Waals surface area contributed by atoms with Gasteiger partial charge in [-0.2, -0.15) is 0 Å². The molecule has 0 heterocycles. The molecule has 0 radical (unpaired) electrons. The summed E-state index contributed by atoms with van der Waals surface area (Å²) in [6, 6.07) is 6.72. The van der Waals surface area contributed by atoms with Crippen LogP contribution in [0.15, 0.2) is 36.5 Å². The molecule has 0 unspecified atom stereocenters. The lowest BCUT2D eigenvalue weighted by molar-refractivity contribution is -0.105. The quantitative estimate of drug-likeness (QED) is 0.463. The van der Waals surface area contributed by atoms with Gasteiger partial charge in [0.25, 0.3) is 0 Å². The Bertz CT molecular complexity index is 394. The average Bonchev–Trinajstić information content (AvgIpc) is 2.27. The molecule has 1 rings (SSSR count). The van der Waals surface area contributed by atoms with E-state index in [0.29, 0.717) is 17.7 Å². The Morgan fingerprint density at radius 2 is 1.88 bits per heavy atom. The molecular formula is C12H14N2O2. The van der Waals surface area contributed by atoms with Gasteiger partial charge in [-0.05, 0) is 24.3 Å². The fraction of sp³-hybridized carbons (Fsp3) is 0.167. The molecule has 1 N–H and O–H groups in total. The van der Waals surface area contributed by atoms with Gasteiger partial charge < -0.3 is 10.2 Å². The summed E-state index contributed by atoms with van der Waals surface area (Å²) in [4.78, 5) is 23.6. The molecular weight excluding hydrogens is 204 g/mol. The van der Waals surface area contributed by atoms with E-state index in [2.05, 4.69) is 5.32 Å². The van der Waals surface area contributed by atoms with Crippen molar-refractivity contribution in [2.45, 2.75) is 0 Å². The second-order valence-electron chi connectivity index (χ2n) is 3.48. The van der Waals surface area contributed by atoms with Crippen LogP contribution in [0, 0.1) is 0 Å². The molecule has 0 saturated heterocycles. The van der Waals surface area contributed by atoms with Crippen LogP contribution in [0.25, 0.3) is 0 Å². The molecule has 0 atom stereocenters. The zero-order chi connectivity index (χ0) is 12.0. The SMILES string of the molecule is CN(C)C=CC(=O)c1ccc(NC=O)cc1. The first-order valence-corrected chi connectivity index (χ1v) is 4.82. The van der Waals surface area contributed by atoms with Crippen LogP contribution in [0.1, 0.15) is 10.4 Å². The molecule has 0 fully saturated rings. The first-order valence-electron chi connectivity index (χ1n) is 4.82. The van der Waals surface area contributed by atoms with Crippen molar-refractivity contribution in [2.24, 2.45) is 0 Å². The molecule has 1 aromatic rings. The Morgan fingerprint density at radius 3 is 2.38 bits per heavy atom. The maximum absolute atomic E-state index is 11.6. The standard InChI is InChI=1S/C12H14N2O2/c1-14(2)8-7-12(16)10-3-5-11(6-4-10)13-9-15/h3-9H,1-2H3,(H,13,15). The highest BCUT2D eigenvalue weighted by molar-refractivity contribution is 6.04. The van der Waals surface area contributed by atoms with Gasteiger partial charge in [0.15, 0.2) is 5.78 Å². The smallest absolute Gasteiger partial charge is 0.211 e. The zero-order valence-electron chi connectivity index (χ0n) is 9.31. The van der Waals surface area contributed by atoms with E-state index in [1.165, 1.54) is 6.08 Å². The number of ketones is 1. The highest BCUT2D eigenvalue weighted by atomic mass is 16.1. The normalized spacial score (nSPS) is 10.1. The summed E-state index contributed by atoms with van der Waals surface area (Å²) >= 11 is 0. The van der Waals surface area contributed by atoms with E-state index in [4.69, 9.17) is 0 Å². The molecule has 0 aliphatic carbocycles. The highest BCUT2D eigenvalue weighted by Crippen LogP contribution is 2.09. The fourth-order valence-corrected chi connectivity index (χ4v) is 1.11. The van der Waals surface area contributed by atoms with Crippen LogP contribution in [-0.2, 0) is 4.79 Å². The lowest BCUT2D eigenvalue weighted by Gasteiger charge is -2.03. The van der Waals surface area contributed by atoms with Crippen molar-refractivity contribution in [1.29, 1.82) is 0 Å². The van der Waals surface area contributed by atoms with Crippen LogP contribution < -0.4 is 5.32 Å². The van der Waals surface area contributed by atoms with Gasteiger partial charge in [-0.1, -0.05) is 0 Å². The van der Waals surface area contributed by atoms with Gasteiger partial charge in [0.05, 0.1) is 0 Å². The number of anilines is 1. The van der Waals surface area contributed by atoms with E-state index in [1.54, 1.807) is 35.4 Å². The Morgan fingerprint density at radius 1 is 1.25 bits per heavy atom. The summed E-state index contributed by atoms with van der Waals surface area (Å²) in [7, 11) is 3.70. The van der Waals surface area contributed by atoms with Crippen molar-refractivity contribution in [3.63, 3.8) is 0 Å². The van der Waals surface area contributed by atoms with Gasteiger partial charge >= 0.3 is 0 Å². The second kappa shape index (κ2) is 5.70. The van der Waals surface area contributed by atoms with Gasteiger partial charge in [0, 0.05) is 37.6 Å². The van der Waals surface area contributed by atoms with Crippen molar-refractivity contribution < 1.29 is 9.59 Å². The number of hydrogen-bond acceptors (Lipinski definition) is 3. The van der Waals surface area contributed by atoms with Crippen LogP contribution >= 0.6 is 0 Å². The molecule has 0 saturated carbocycles. The predicted octanol–water partition coefficient (Wildman–Crippen LogP) is 1.51. The first-order chi connectivity index (χ1) is 7.63. The molecule has 0 bridgehead atoms. The summed E-state index contributed by atoms with van der Waals surface area (Å²) < 4.78 is 0. The fourth-order valence-electron chi connectivity index (χ4n) is 1.11. The number of rotatable bonds is 5. The molecule has 0 spiro atoms. The maximum atomic E-state index is 11.6. The van der Waals surface area contributed by atoms with E-state index in [0.717, 1.165) is 0 Å². The van der Waals surface area contributed by atoms with E-state index in [9.17, 15) is 9.59 Å². The topological polar surface area (TPSA) is 49.4 Å². The van der Waals surface area contributed by atoms with Gasteiger partial charge in [-0.3, -0.25) is 9.59 Å². The van der Waals surface area contributed by atoms with Crippen LogP contribution in [0.4, 0.5) is 5.69 Å². The number of carbonyl (C=O) groups excluding carboxylic acids is 2. The molecule has 4 heteroatoms. The summed E-state index contributed by atoms with van der Waals surface area (Å²) in [6.45, 7) is 0. The highest BCUT2D eigenvalue weighted by Gasteiger charge is 2.01. The number of amides is 1. The Kier molecular flexibility index (Phi) is 4.27. The van der Waals surface area contributed by atoms with E-state index in [1.807, 2.05) is 14.1 Å². The minimum Gasteiger partial charge on any atom is -0.383 e. The maximum Gasteiger partial charge on any atom is 0.211 e. The second-order valence-corrected chi connectivity index (χ2v) is 3.48. The minimum atomic E-state index is -0.0636.